The van der Waals surface area contributed by atoms with Gasteiger partial charge in [0.15, 0.2) is 0 Å². The molecule has 0 radical (unpaired) electrons. The van der Waals surface area contributed by atoms with Crippen LogP contribution in [0.1, 0.15) is 16.8 Å². The number of hydrogen-bond acceptors (Lipinski definition) is 3. The number of benzene rings is 1. The van der Waals surface area contributed by atoms with E-state index >= 15 is 0 Å². The van der Waals surface area contributed by atoms with Crippen LogP contribution in [0.5, 0.6) is 0 Å². The van der Waals surface area contributed by atoms with Crippen LogP contribution in [0.4, 0.5) is 5.69 Å². The quantitative estimate of drug-likeness (QED) is 0.870. The standard InChI is InChI=1S/C14H13N3/c1-11-5-6-13(9-16-11)10-17-14-4-2-3-12(7-14)8-15/h2-7,9,17H,10H2,1H3. The molecule has 0 aliphatic carbocycles. The minimum atomic E-state index is 0.664. The van der Waals surface area contributed by atoms with Gasteiger partial charge in [0.2, 0.25) is 0 Å². The topological polar surface area (TPSA) is 48.7 Å². The first-order valence-electron chi connectivity index (χ1n) is 5.43. The van der Waals surface area contributed by atoms with Crippen molar-refractivity contribution in [3.63, 3.8) is 0 Å². The molecule has 0 bridgehead atoms. The number of aryl methyl sites for hydroxylation is 1. The zero-order chi connectivity index (χ0) is 12.1. The average molecular weight is 223 g/mol. The van der Waals surface area contributed by atoms with Crippen LogP contribution >= 0.6 is 0 Å². The van der Waals surface area contributed by atoms with Crippen molar-refractivity contribution in [1.82, 2.24) is 4.98 Å². The summed E-state index contributed by atoms with van der Waals surface area (Å²) < 4.78 is 0. The first kappa shape index (κ1) is 11.2. The van der Waals surface area contributed by atoms with Gasteiger partial charge in [-0.1, -0.05) is 12.1 Å². The molecule has 84 valence electrons. The molecule has 1 N–H and O–H groups in total. The van der Waals surface area contributed by atoms with Crippen LogP contribution in [0.2, 0.25) is 0 Å². The van der Waals surface area contributed by atoms with Crippen molar-refractivity contribution >= 4 is 5.69 Å². The van der Waals surface area contributed by atoms with Gasteiger partial charge in [-0.25, -0.2) is 0 Å². The Morgan fingerprint density at radius 3 is 2.88 bits per heavy atom. The van der Waals surface area contributed by atoms with E-state index in [1.807, 2.05) is 43.5 Å². The van der Waals surface area contributed by atoms with Gasteiger partial charge in [0, 0.05) is 24.1 Å². The van der Waals surface area contributed by atoms with E-state index in [0.717, 1.165) is 16.9 Å². The Bertz CT molecular complexity index is 538. The van der Waals surface area contributed by atoms with Gasteiger partial charge in [0.25, 0.3) is 0 Å². The summed E-state index contributed by atoms with van der Waals surface area (Å²) in [7, 11) is 0. The first-order chi connectivity index (χ1) is 8.28. The van der Waals surface area contributed by atoms with Crippen LogP contribution in [0.25, 0.3) is 0 Å². The smallest absolute Gasteiger partial charge is 0.0992 e. The Kier molecular flexibility index (Phi) is 3.37. The van der Waals surface area contributed by atoms with E-state index in [-0.39, 0.29) is 0 Å². The molecule has 0 saturated carbocycles. The third-order valence-electron chi connectivity index (χ3n) is 2.46. The maximum atomic E-state index is 8.79. The number of nitrogens with one attached hydrogen (secondary N) is 1. The third kappa shape index (κ3) is 3.05. The molecule has 1 aromatic heterocycles. The lowest BCUT2D eigenvalue weighted by atomic mass is 10.2. The highest BCUT2D eigenvalue weighted by Gasteiger charge is 1.96. The molecule has 0 spiro atoms. The Morgan fingerprint density at radius 1 is 1.29 bits per heavy atom. The van der Waals surface area contributed by atoms with E-state index < -0.39 is 0 Å². The molecule has 17 heavy (non-hydrogen) atoms. The molecule has 3 heteroatoms. The van der Waals surface area contributed by atoms with Gasteiger partial charge in [0.05, 0.1) is 11.6 Å². The summed E-state index contributed by atoms with van der Waals surface area (Å²) in [6.07, 6.45) is 1.86. The largest absolute Gasteiger partial charge is 0.381 e. The predicted octanol–water partition coefficient (Wildman–Crippen LogP) is 2.87. The maximum absolute atomic E-state index is 8.79. The molecule has 1 aromatic carbocycles. The minimum absolute atomic E-state index is 0.664. The zero-order valence-electron chi connectivity index (χ0n) is 9.64. The van der Waals surface area contributed by atoms with Gasteiger partial charge in [-0.05, 0) is 36.8 Å². The number of anilines is 1. The average Bonchev–Trinajstić information content (AvgIpc) is 2.38. The summed E-state index contributed by atoms with van der Waals surface area (Å²) in [6.45, 7) is 2.68. The fraction of sp³-hybridized carbons (Fsp3) is 0.143. The van der Waals surface area contributed by atoms with E-state index in [2.05, 4.69) is 16.4 Å². The summed E-state index contributed by atoms with van der Waals surface area (Å²) in [5.74, 6) is 0. The summed E-state index contributed by atoms with van der Waals surface area (Å²) in [5.41, 5.74) is 3.75. The maximum Gasteiger partial charge on any atom is 0.0992 e. The van der Waals surface area contributed by atoms with E-state index in [1.54, 1.807) is 6.07 Å². The van der Waals surface area contributed by atoms with Gasteiger partial charge < -0.3 is 5.32 Å². The fourth-order valence-corrected chi connectivity index (χ4v) is 1.51. The first-order valence-corrected chi connectivity index (χ1v) is 5.43. The van der Waals surface area contributed by atoms with Crippen molar-refractivity contribution in [1.29, 1.82) is 5.26 Å². The van der Waals surface area contributed by atoms with Crippen molar-refractivity contribution in [2.45, 2.75) is 13.5 Å². The SMILES string of the molecule is Cc1ccc(CNc2cccc(C#N)c2)cn1. The van der Waals surface area contributed by atoms with Crippen LogP contribution in [0.15, 0.2) is 42.6 Å². The molecule has 1 heterocycles. The molecular weight excluding hydrogens is 210 g/mol. The molecule has 0 aliphatic heterocycles. The summed E-state index contributed by atoms with van der Waals surface area (Å²) >= 11 is 0. The Balaban J connectivity index is 2.02. The molecule has 2 rings (SSSR count). The number of nitrogens with zero attached hydrogens (tertiary/aromatic N) is 2. The van der Waals surface area contributed by atoms with Crippen molar-refractivity contribution in [2.24, 2.45) is 0 Å². The number of aromatic nitrogens is 1. The minimum Gasteiger partial charge on any atom is -0.381 e. The second-order valence-corrected chi connectivity index (χ2v) is 3.85. The van der Waals surface area contributed by atoms with Crippen LogP contribution in [-0.2, 0) is 6.54 Å². The fourth-order valence-electron chi connectivity index (χ4n) is 1.51. The summed E-state index contributed by atoms with van der Waals surface area (Å²) in [6, 6.07) is 13.6. The second kappa shape index (κ2) is 5.13. The number of rotatable bonds is 3. The number of pyridine rings is 1. The van der Waals surface area contributed by atoms with E-state index in [9.17, 15) is 0 Å². The van der Waals surface area contributed by atoms with Crippen LogP contribution in [0.3, 0.4) is 0 Å². The van der Waals surface area contributed by atoms with Crippen molar-refractivity contribution < 1.29 is 0 Å². The lowest BCUT2D eigenvalue weighted by molar-refractivity contribution is 1.08. The predicted molar refractivity (Wildman–Crippen MR) is 67.5 cm³/mol. The highest BCUT2D eigenvalue weighted by atomic mass is 14.9. The van der Waals surface area contributed by atoms with Gasteiger partial charge in [-0.3, -0.25) is 4.98 Å². The molecule has 0 aliphatic rings. The molecule has 0 amide bonds. The monoisotopic (exact) mass is 223 g/mol. The third-order valence-corrected chi connectivity index (χ3v) is 2.46. The normalized spacial score (nSPS) is 9.65. The molecule has 0 fully saturated rings. The summed E-state index contributed by atoms with van der Waals surface area (Å²) in [5, 5.41) is 12.1. The lowest BCUT2D eigenvalue weighted by Gasteiger charge is -2.06. The number of nitriles is 1. The van der Waals surface area contributed by atoms with E-state index in [0.29, 0.717) is 12.1 Å². The Morgan fingerprint density at radius 2 is 2.18 bits per heavy atom. The highest BCUT2D eigenvalue weighted by Crippen LogP contribution is 2.11. The van der Waals surface area contributed by atoms with Crippen LogP contribution < -0.4 is 5.32 Å². The van der Waals surface area contributed by atoms with Crippen LogP contribution in [0, 0.1) is 18.3 Å². The van der Waals surface area contributed by atoms with Crippen molar-refractivity contribution in [3.8, 4) is 6.07 Å². The van der Waals surface area contributed by atoms with Gasteiger partial charge in [0.1, 0.15) is 0 Å². The lowest BCUT2D eigenvalue weighted by Crippen LogP contribution is -2.00. The molecular formula is C14H13N3. The van der Waals surface area contributed by atoms with Gasteiger partial charge in [-0.2, -0.15) is 5.26 Å². The highest BCUT2D eigenvalue weighted by molar-refractivity contribution is 5.49. The molecule has 0 saturated heterocycles. The van der Waals surface area contributed by atoms with Crippen LogP contribution in [-0.4, -0.2) is 4.98 Å². The Labute approximate surface area is 101 Å². The summed E-state index contributed by atoms with van der Waals surface area (Å²) in [4.78, 5) is 4.23. The zero-order valence-corrected chi connectivity index (χ0v) is 9.64. The molecule has 3 nitrogen and oxygen atoms in total. The second-order valence-electron chi connectivity index (χ2n) is 3.85. The molecule has 0 unspecified atom stereocenters. The van der Waals surface area contributed by atoms with Gasteiger partial charge >= 0.3 is 0 Å². The van der Waals surface area contributed by atoms with E-state index in [1.165, 1.54) is 0 Å². The molecule has 2 aromatic rings. The number of hydrogen-bond donors (Lipinski definition) is 1. The Hall–Kier alpha value is -2.34. The molecule has 0 atom stereocenters. The van der Waals surface area contributed by atoms with Gasteiger partial charge in [-0.15, -0.1) is 0 Å². The van der Waals surface area contributed by atoms with Crippen molar-refractivity contribution in [3.05, 3.63) is 59.4 Å². The van der Waals surface area contributed by atoms with E-state index in [4.69, 9.17) is 5.26 Å². The van der Waals surface area contributed by atoms with Crippen molar-refractivity contribution in [2.75, 3.05) is 5.32 Å².